The van der Waals surface area contributed by atoms with Crippen molar-refractivity contribution >= 4 is 15.7 Å². The number of benzene rings is 1. The first kappa shape index (κ1) is 19.8. The van der Waals surface area contributed by atoms with Crippen LogP contribution in [0.5, 0.6) is 0 Å². The molecule has 0 bridgehead atoms. The van der Waals surface area contributed by atoms with Crippen LogP contribution in [0.4, 0.5) is 13.2 Å². The Morgan fingerprint density at radius 3 is 2.36 bits per heavy atom. The largest absolute Gasteiger partial charge is 0.416 e. The van der Waals surface area contributed by atoms with Crippen LogP contribution in [0.1, 0.15) is 42.6 Å². The maximum atomic E-state index is 12.8. The van der Waals surface area contributed by atoms with E-state index in [0.717, 1.165) is 12.1 Å². The van der Waals surface area contributed by atoms with Crippen molar-refractivity contribution < 1.29 is 26.4 Å². The zero-order valence-electron chi connectivity index (χ0n) is 14.2. The number of nitrogens with zero attached hydrogens (tertiary/aromatic N) is 1. The molecule has 0 atom stereocenters. The van der Waals surface area contributed by atoms with Gasteiger partial charge in [-0.05, 0) is 37.0 Å². The molecule has 140 valence electrons. The lowest BCUT2D eigenvalue weighted by atomic mass is 10.1. The smallest absolute Gasteiger partial charge is 0.339 e. The van der Waals surface area contributed by atoms with Crippen LogP contribution >= 0.6 is 0 Å². The van der Waals surface area contributed by atoms with Gasteiger partial charge in [-0.2, -0.15) is 13.2 Å². The lowest BCUT2D eigenvalue weighted by Crippen LogP contribution is -2.43. The number of carbonyl (C=O) groups is 1. The minimum Gasteiger partial charge on any atom is -0.339 e. The van der Waals surface area contributed by atoms with Crippen LogP contribution in [-0.2, 0) is 16.0 Å². The van der Waals surface area contributed by atoms with E-state index in [1.54, 1.807) is 0 Å². The fourth-order valence-corrected chi connectivity index (χ4v) is 5.16. The van der Waals surface area contributed by atoms with E-state index in [2.05, 4.69) is 0 Å². The van der Waals surface area contributed by atoms with Crippen LogP contribution in [0.25, 0.3) is 0 Å². The number of halogens is 3. The molecule has 0 saturated carbocycles. The van der Waals surface area contributed by atoms with Crippen LogP contribution in [-0.4, -0.2) is 43.3 Å². The number of amides is 1. The SMILES string of the molecule is CC(C)CS(=O)(=O)C1CCN(C(=O)c2cccc(C(F)(F)F)c2)CC1. The van der Waals surface area contributed by atoms with Gasteiger partial charge in [-0.3, -0.25) is 4.79 Å². The van der Waals surface area contributed by atoms with E-state index in [1.165, 1.54) is 17.0 Å². The Balaban J connectivity index is 2.05. The van der Waals surface area contributed by atoms with Gasteiger partial charge in [0, 0.05) is 18.7 Å². The molecule has 1 aliphatic heterocycles. The minimum absolute atomic E-state index is 0.0293. The first-order valence-electron chi connectivity index (χ1n) is 8.19. The standard InChI is InChI=1S/C17H22F3NO3S/c1-12(2)11-25(23,24)15-6-8-21(9-7-15)16(22)13-4-3-5-14(10-13)17(18,19)20/h3-5,10,12,15H,6-9,11H2,1-2H3. The number of hydrogen-bond donors (Lipinski definition) is 0. The maximum Gasteiger partial charge on any atom is 0.416 e. The molecule has 2 rings (SSSR count). The summed E-state index contributed by atoms with van der Waals surface area (Å²) in [5.41, 5.74) is -0.897. The van der Waals surface area contributed by atoms with Crippen LogP contribution in [0.2, 0.25) is 0 Å². The number of sulfone groups is 1. The summed E-state index contributed by atoms with van der Waals surface area (Å²) in [5, 5.41) is -0.486. The highest BCUT2D eigenvalue weighted by molar-refractivity contribution is 7.92. The third-order valence-electron chi connectivity index (χ3n) is 4.24. The number of rotatable bonds is 4. The molecule has 0 radical (unpaired) electrons. The number of alkyl halides is 3. The van der Waals surface area contributed by atoms with Crippen molar-refractivity contribution in [2.45, 2.75) is 38.1 Å². The quantitative estimate of drug-likeness (QED) is 0.808. The van der Waals surface area contributed by atoms with Crippen LogP contribution in [0.3, 0.4) is 0 Å². The molecule has 0 unspecified atom stereocenters. The van der Waals surface area contributed by atoms with Gasteiger partial charge in [0.2, 0.25) is 0 Å². The van der Waals surface area contributed by atoms with Gasteiger partial charge in [0.15, 0.2) is 9.84 Å². The Labute approximate surface area is 145 Å². The molecule has 1 fully saturated rings. The Morgan fingerprint density at radius 2 is 1.84 bits per heavy atom. The molecule has 0 aliphatic carbocycles. The van der Waals surface area contributed by atoms with Gasteiger partial charge in [-0.1, -0.05) is 19.9 Å². The molecule has 8 heteroatoms. The van der Waals surface area contributed by atoms with E-state index in [-0.39, 0.29) is 30.3 Å². The first-order chi connectivity index (χ1) is 11.5. The average Bonchev–Trinajstić information content (AvgIpc) is 2.52. The summed E-state index contributed by atoms with van der Waals surface area (Å²) < 4.78 is 62.8. The molecule has 0 aromatic heterocycles. The van der Waals surface area contributed by atoms with Crippen molar-refractivity contribution in [3.63, 3.8) is 0 Å². The second-order valence-electron chi connectivity index (χ2n) is 6.79. The number of piperidine rings is 1. The number of likely N-dealkylation sites (tertiary alicyclic amines) is 1. The van der Waals surface area contributed by atoms with Crippen molar-refractivity contribution in [2.24, 2.45) is 5.92 Å². The lowest BCUT2D eigenvalue weighted by Gasteiger charge is -2.32. The maximum absolute atomic E-state index is 12.8. The zero-order chi connectivity index (χ0) is 18.8. The predicted molar refractivity (Wildman–Crippen MR) is 89.0 cm³/mol. The average molecular weight is 377 g/mol. The lowest BCUT2D eigenvalue weighted by molar-refractivity contribution is -0.137. The molecule has 0 N–H and O–H groups in total. The van der Waals surface area contributed by atoms with Crippen molar-refractivity contribution in [2.75, 3.05) is 18.8 Å². The Kier molecular flexibility index (Phi) is 5.81. The van der Waals surface area contributed by atoms with Crippen molar-refractivity contribution in [1.82, 2.24) is 4.90 Å². The van der Waals surface area contributed by atoms with Gasteiger partial charge in [0.05, 0.1) is 16.6 Å². The zero-order valence-corrected chi connectivity index (χ0v) is 15.0. The summed E-state index contributed by atoms with van der Waals surface area (Å²) in [7, 11) is -3.21. The fourth-order valence-electron chi connectivity index (χ4n) is 3.03. The van der Waals surface area contributed by atoms with Gasteiger partial charge in [-0.25, -0.2) is 8.42 Å². The molecule has 0 spiro atoms. The number of hydrogen-bond acceptors (Lipinski definition) is 3. The van der Waals surface area contributed by atoms with Crippen molar-refractivity contribution in [3.05, 3.63) is 35.4 Å². The van der Waals surface area contributed by atoms with E-state index < -0.39 is 32.7 Å². The third-order valence-corrected chi connectivity index (χ3v) is 6.86. The van der Waals surface area contributed by atoms with E-state index in [0.29, 0.717) is 12.8 Å². The van der Waals surface area contributed by atoms with Crippen LogP contribution in [0.15, 0.2) is 24.3 Å². The molecule has 1 aliphatic rings. The second kappa shape index (κ2) is 7.35. The van der Waals surface area contributed by atoms with Crippen LogP contribution < -0.4 is 0 Å². The van der Waals surface area contributed by atoms with Crippen LogP contribution in [0, 0.1) is 5.92 Å². The van der Waals surface area contributed by atoms with Gasteiger partial charge >= 0.3 is 6.18 Å². The highest BCUT2D eigenvalue weighted by Gasteiger charge is 2.34. The number of carbonyl (C=O) groups excluding carboxylic acids is 1. The normalized spacial score (nSPS) is 17.1. The highest BCUT2D eigenvalue weighted by atomic mass is 32.2. The monoisotopic (exact) mass is 377 g/mol. The van der Waals surface area contributed by atoms with Gasteiger partial charge in [0.25, 0.3) is 5.91 Å². The molecular weight excluding hydrogens is 355 g/mol. The molecule has 1 heterocycles. The molecule has 4 nitrogen and oxygen atoms in total. The fraction of sp³-hybridized carbons (Fsp3) is 0.588. The second-order valence-corrected chi connectivity index (χ2v) is 9.12. The Bertz CT molecular complexity index is 721. The topological polar surface area (TPSA) is 54.5 Å². The van der Waals surface area contributed by atoms with Gasteiger partial charge in [0.1, 0.15) is 0 Å². The van der Waals surface area contributed by atoms with E-state index in [1.807, 2.05) is 13.8 Å². The summed E-state index contributed by atoms with van der Waals surface area (Å²) in [4.78, 5) is 13.8. The molecule has 1 aromatic carbocycles. The van der Waals surface area contributed by atoms with E-state index in [4.69, 9.17) is 0 Å². The first-order valence-corrected chi connectivity index (χ1v) is 9.90. The molecular formula is C17H22F3NO3S. The summed E-state index contributed by atoms with van der Waals surface area (Å²) >= 11 is 0. The minimum atomic E-state index is -4.51. The Morgan fingerprint density at radius 1 is 1.24 bits per heavy atom. The molecule has 1 amide bonds. The highest BCUT2D eigenvalue weighted by Crippen LogP contribution is 2.30. The summed E-state index contributed by atoms with van der Waals surface area (Å²) in [6, 6.07) is 4.31. The van der Waals surface area contributed by atoms with Crippen molar-refractivity contribution in [3.8, 4) is 0 Å². The summed E-state index contributed by atoms with van der Waals surface area (Å²) in [5.74, 6) is -0.347. The summed E-state index contributed by atoms with van der Waals surface area (Å²) in [6.45, 7) is 4.14. The Hall–Kier alpha value is -1.57. The summed E-state index contributed by atoms with van der Waals surface area (Å²) in [6.07, 6.45) is -3.87. The molecule has 1 aromatic rings. The molecule has 25 heavy (non-hydrogen) atoms. The van der Waals surface area contributed by atoms with E-state index >= 15 is 0 Å². The van der Waals surface area contributed by atoms with Crippen molar-refractivity contribution in [1.29, 1.82) is 0 Å². The van der Waals surface area contributed by atoms with E-state index in [9.17, 15) is 26.4 Å². The predicted octanol–water partition coefficient (Wildman–Crippen LogP) is 3.38. The van der Waals surface area contributed by atoms with Gasteiger partial charge in [-0.15, -0.1) is 0 Å². The third kappa shape index (κ3) is 4.96. The molecule has 1 saturated heterocycles. The van der Waals surface area contributed by atoms with Gasteiger partial charge < -0.3 is 4.90 Å².